The van der Waals surface area contributed by atoms with Gasteiger partial charge >= 0.3 is 0 Å². The highest BCUT2D eigenvalue weighted by molar-refractivity contribution is 6.09. The van der Waals surface area contributed by atoms with Crippen molar-refractivity contribution >= 4 is 23.3 Å². The molecule has 0 aromatic heterocycles. The van der Waals surface area contributed by atoms with Gasteiger partial charge in [-0.1, -0.05) is 30.3 Å². The Morgan fingerprint density at radius 2 is 1.52 bits per heavy atom. The summed E-state index contributed by atoms with van der Waals surface area (Å²) in [6.07, 6.45) is 5.21. The number of nitrogens with two attached hydrogens (primary N) is 2. The molecule has 176 valence electrons. The van der Waals surface area contributed by atoms with Crippen molar-refractivity contribution in [2.24, 2.45) is 17.4 Å². The molecule has 1 saturated carbocycles. The summed E-state index contributed by atoms with van der Waals surface area (Å²) in [5, 5.41) is 5.82. The third kappa shape index (κ3) is 7.23. The summed E-state index contributed by atoms with van der Waals surface area (Å²) < 4.78 is 0. The molecule has 0 unspecified atom stereocenters. The van der Waals surface area contributed by atoms with Crippen molar-refractivity contribution in [3.8, 4) is 0 Å². The molecule has 3 rings (SSSR count). The van der Waals surface area contributed by atoms with Gasteiger partial charge < -0.3 is 22.1 Å². The minimum atomic E-state index is -0.634. The quantitative estimate of drug-likeness (QED) is 0.327. The molecule has 0 aliphatic heterocycles. The zero-order valence-electron chi connectivity index (χ0n) is 19.0. The second-order valence-corrected chi connectivity index (χ2v) is 8.72. The fourth-order valence-corrected chi connectivity index (χ4v) is 4.12. The predicted octanol–water partition coefficient (Wildman–Crippen LogP) is 2.99. The molecule has 0 radical (unpaired) electrons. The first-order valence-corrected chi connectivity index (χ1v) is 11.7. The number of amides is 2. The van der Waals surface area contributed by atoms with Crippen molar-refractivity contribution < 1.29 is 14.4 Å². The van der Waals surface area contributed by atoms with E-state index >= 15 is 0 Å². The van der Waals surface area contributed by atoms with Crippen LogP contribution in [0, 0.1) is 5.92 Å². The van der Waals surface area contributed by atoms with E-state index in [9.17, 15) is 14.4 Å². The molecule has 7 heteroatoms. The number of rotatable bonds is 10. The normalized spacial score (nSPS) is 18.8. The van der Waals surface area contributed by atoms with Gasteiger partial charge in [-0.25, -0.2) is 0 Å². The van der Waals surface area contributed by atoms with E-state index in [0.717, 1.165) is 38.5 Å². The van der Waals surface area contributed by atoms with E-state index < -0.39 is 6.04 Å². The van der Waals surface area contributed by atoms with Crippen molar-refractivity contribution in [1.29, 1.82) is 0 Å². The monoisotopic (exact) mass is 450 g/mol. The molecule has 0 bridgehead atoms. The molecule has 2 amide bonds. The van der Waals surface area contributed by atoms with E-state index in [1.54, 1.807) is 36.4 Å². The zero-order valence-corrected chi connectivity index (χ0v) is 19.0. The first-order valence-electron chi connectivity index (χ1n) is 11.7. The smallest absolute Gasteiger partial charge is 0.246 e. The Hall–Kier alpha value is -3.03. The van der Waals surface area contributed by atoms with Gasteiger partial charge in [0.2, 0.25) is 11.8 Å². The van der Waals surface area contributed by atoms with Crippen LogP contribution in [0.3, 0.4) is 0 Å². The zero-order chi connectivity index (χ0) is 23.6. The lowest BCUT2D eigenvalue weighted by Gasteiger charge is -2.27. The lowest BCUT2D eigenvalue weighted by molar-refractivity contribution is -0.130. The standard InChI is InChI=1S/C26H34N4O3/c27-17-5-4-8-23(30-25(32)20-9-13-21(28)14-10-20)26(33)29-22-15-11-19(12-16-22)24(31)18-6-2-1-3-7-18/h1-3,6-7,11-12,15-16,20-21,23H,4-5,8-10,13-14,17,27-28H2,(H,29,33)(H,30,32)/t20?,21?,23-/m0/s1. The van der Waals surface area contributed by atoms with Crippen molar-refractivity contribution in [3.05, 3.63) is 65.7 Å². The molecule has 0 heterocycles. The van der Waals surface area contributed by atoms with E-state index in [-0.39, 0.29) is 29.6 Å². The summed E-state index contributed by atoms with van der Waals surface area (Å²) in [6.45, 7) is 0.541. The lowest BCUT2D eigenvalue weighted by atomic mass is 9.85. The molecule has 1 atom stereocenters. The van der Waals surface area contributed by atoms with Crippen molar-refractivity contribution in [2.75, 3.05) is 11.9 Å². The number of benzene rings is 2. The SMILES string of the molecule is NCCCC[C@H](NC(=O)C1CCC(N)CC1)C(=O)Nc1ccc(C(=O)c2ccccc2)cc1. The first kappa shape index (κ1) is 24.6. The van der Waals surface area contributed by atoms with Gasteiger partial charge in [0.15, 0.2) is 5.78 Å². The molecule has 0 spiro atoms. The summed E-state index contributed by atoms with van der Waals surface area (Å²) in [4.78, 5) is 38.3. The van der Waals surface area contributed by atoms with Gasteiger partial charge in [-0.2, -0.15) is 0 Å². The maximum Gasteiger partial charge on any atom is 0.246 e. The van der Waals surface area contributed by atoms with Crippen LogP contribution in [0.15, 0.2) is 54.6 Å². The van der Waals surface area contributed by atoms with E-state index in [1.165, 1.54) is 0 Å². The molecule has 2 aromatic rings. The molecule has 1 aliphatic rings. The van der Waals surface area contributed by atoms with Gasteiger partial charge in [-0.15, -0.1) is 0 Å². The van der Waals surface area contributed by atoms with Crippen LogP contribution in [-0.4, -0.2) is 36.2 Å². The topological polar surface area (TPSA) is 127 Å². The minimum absolute atomic E-state index is 0.0763. The van der Waals surface area contributed by atoms with E-state index in [4.69, 9.17) is 11.5 Å². The van der Waals surface area contributed by atoms with Gasteiger partial charge in [-0.05, 0) is 75.8 Å². The van der Waals surface area contributed by atoms with Crippen LogP contribution in [0.2, 0.25) is 0 Å². The third-order valence-electron chi connectivity index (χ3n) is 6.17. The third-order valence-corrected chi connectivity index (χ3v) is 6.17. The van der Waals surface area contributed by atoms with Crippen LogP contribution < -0.4 is 22.1 Å². The van der Waals surface area contributed by atoms with Gasteiger partial charge in [0.05, 0.1) is 0 Å². The number of ketones is 1. The molecule has 6 N–H and O–H groups in total. The summed E-state index contributed by atoms with van der Waals surface area (Å²) in [6, 6.07) is 15.4. The lowest BCUT2D eigenvalue weighted by Crippen LogP contribution is -2.47. The van der Waals surface area contributed by atoms with Crippen LogP contribution in [0.5, 0.6) is 0 Å². The van der Waals surface area contributed by atoms with E-state index in [2.05, 4.69) is 10.6 Å². The summed E-state index contributed by atoms with van der Waals surface area (Å²) in [5.41, 5.74) is 13.3. The average molecular weight is 451 g/mol. The second kappa shape index (κ2) is 12.3. The first-order chi connectivity index (χ1) is 16.0. The Bertz CT molecular complexity index is 922. The van der Waals surface area contributed by atoms with Crippen LogP contribution in [0.1, 0.15) is 60.9 Å². The number of anilines is 1. The van der Waals surface area contributed by atoms with Crippen LogP contribution in [-0.2, 0) is 9.59 Å². The largest absolute Gasteiger partial charge is 0.344 e. The fourth-order valence-electron chi connectivity index (χ4n) is 4.12. The van der Waals surface area contributed by atoms with Gasteiger partial charge in [0, 0.05) is 28.8 Å². The van der Waals surface area contributed by atoms with Crippen molar-refractivity contribution in [1.82, 2.24) is 5.32 Å². The van der Waals surface area contributed by atoms with Gasteiger partial charge in [-0.3, -0.25) is 14.4 Å². The summed E-state index contributed by atoms with van der Waals surface area (Å²) in [5.74, 6) is -0.529. The molecule has 33 heavy (non-hydrogen) atoms. The fraction of sp³-hybridized carbons (Fsp3) is 0.423. The molecule has 7 nitrogen and oxygen atoms in total. The van der Waals surface area contributed by atoms with Crippen LogP contribution in [0.25, 0.3) is 0 Å². The number of hydrogen-bond acceptors (Lipinski definition) is 5. The summed E-state index contributed by atoms with van der Waals surface area (Å²) >= 11 is 0. The highest BCUT2D eigenvalue weighted by Gasteiger charge is 2.28. The predicted molar refractivity (Wildman–Crippen MR) is 130 cm³/mol. The maximum atomic E-state index is 13.0. The van der Waals surface area contributed by atoms with Gasteiger partial charge in [0.25, 0.3) is 0 Å². The van der Waals surface area contributed by atoms with Crippen LogP contribution in [0.4, 0.5) is 5.69 Å². The van der Waals surface area contributed by atoms with Crippen molar-refractivity contribution in [3.63, 3.8) is 0 Å². The molecular formula is C26H34N4O3. The molecule has 2 aromatic carbocycles. The van der Waals surface area contributed by atoms with Crippen molar-refractivity contribution in [2.45, 2.75) is 57.0 Å². The number of carbonyl (C=O) groups is 3. The molecule has 0 saturated heterocycles. The molecule has 1 aliphatic carbocycles. The van der Waals surface area contributed by atoms with E-state index in [1.807, 2.05) is 18.2 Å². The van der Waals surface area contributed by atoms with Crippen LogP contribution >= 0.6 is 0 Å². The second-order valence-electron chi connectivity index (χ2n) is 8.72. The number of nitrogens with one attached hydrogen (secondary N) is 2. The Morgan fingerprint density at radius 3 is 2.15 bits per heavy atom. The Labute approximate surface area is 195 Å². The molecule has 1 fully saturated rings. The minimum Gasteiger partial charge on any atom is -0.344 e. The Morgan fingerprint density at radius 1 is 0.879 bits per heavy atom. The molecular weight excluding hydrogens is 416 g/mol. The number of hydrogen-bond donors (Lipinski definition) is 4. The number of carbonyl (C=O) groups excluding carboxylic acids is 3. The maximum absolute atomic E-state index is 13.0. The van der Waals surface area contributed by atoms with Gasteiger partial charge in [0.1, 0.15) is 6.04 Å². The number of unbranched alkanes of at least 4 members (excludes halogenated alkanes) is 1. The highest BCUT2D eigenvalue weighted by Crippen LogP contribution is 2.23. The Balaban J connectivity index is 1.62. The average Bonchev–Trinajstić information content (AvgIpc) is 2.84. The Kier molecular flexibility index (Phi) is 9.15. The summed E-state index contributed by atoms with van der Waals surface area (Å²) in [7, 11) is 0. The highest BCUT2D eigenvalue weighted by atomic mass is 16.2. The van der Waals surface area contributed by atoms with E-state index in [0.29, 0.717) is 29.8 Å².